The monoisotopic (exact) mass is 398 g/mol. The van der Waals surface area contributed by atoms with Gasteiger partial charge in [-0.15, -0.1) is 11.8 Å². The minimum absolute atomic E-state index is 0.0134. The van der Waals surface area contributed by atoms with Gasteiger partial charge < -0.3 is 14.8 Å². The van der Waals surface area contributed by atoms with E-state index >= 15 is 0 Å². The van der Waals surface area contributed by atoms with Crippen LogP contribution in [-0.2, 0) is 19.1 Å². The third-order valence-electron chi connectivity index (χ3n) is 3.25. The topological polar surface area (TPSA) is 147 Å². The Bertz CT molecular complexity index is 839. The van der Waals surface area contributed by atoms with E-state index in [1.165, 1.54) is 13.0 Å². The van der Waals surface area contributed by atoms with Gasteiger partial charge in [0, 0.05) is 18.4 Å². The molecule has 1 aromatic carbocycles. The van der Waals surface area contributed by atoms with Crippen molar-refractivity contribution in [1.29, 1.82) is 0 Å². The van der Waals surface area contributed by atoms with Crippen molar-refractivity contribution in [3.63, 3.8) is 0 Å². The molecule has 0 saturated heterocycles. The van der Waals surface area contributed by atoms with Crippen LogP contribution in [0, 0.1) is 10.1 Å². The van der Waals surface area contributed by atoms with E-state index in [1.807, 2.05) is 0 Å². The summed E-state index contributed by atoms with van der Waals surface area (Å²) in [6.07, 6.45) is 0.455. The van der Waals surface area contributed by atoms with Gasteiger partial charge in [-0.25, -0.2) is 4.63 Å². The number of ether oxygens (including phenoxy) is 2. The SMILES string of the molecule is CCOC(=O)CSc1cc(NCCCOC(C)=O)c([N+](=O)[O-])c2nonc12. The highest BCUT2D eigenvalue weighted by atomic mass is 32.2. The van der Waals surface area contributed by atoms with Crippen LogP contribution in [0.1, 0.15) is 20.3 Å². The van der Waals surface area contributed by atoms with Gasteiger partial charge in [0.2, 0.25) is 5.52 Å². The zero-order valence-electron chi connectivity index (χ0n) is 14.7. The molecule has 0 bridgehead atoms. The van der Waals surface area contributed by atoms with E-state index in [9.17, 15) is 19.7 Å². The predicted molar refractivity (Wildman–Crippen MR) is 95.6 cm³/mol. The van der Waals surface area contributed by atoms with E-state index in [1.54, 1.807) is 6.92 Å². The molecule has 0 amide bonds. The number of benzene rings is 1. The van der Waals surface area contributed by atoms with E-state index in [4.69, 9.17) is 9.47 Å². The number of fused-ring (bicyclic) bond motifs is 1. The molecule has 0 atom stereocenters. The molecular formula is C15H18N4O7S. The number of hydrogen-bond donors (Lipinski definition) is 1. The lowest BCUT2D eigenvalue weighted by Crippen LogP contribution is -2.10. The van der Waals surface area contributed by atoms with Crippen molar-refractivity contribution in [3.8, 4) is 0 Å². The smallest absolute Gasteiger partial charge is 0.323 e. The number of rotatable bonds is 10. The lowest BCUT2D eigenvalue weighted by atomic mass is 10.2. The number of esters is 2. The third-order valence-corrected chi connectivity index (χ3v) is 4.25. The average Bonchev–Trinajstić information content (AvgIpc) is 3.08. The van der Waals surface area contributed by atoms with Crippen molar-refractivity contribution in [2.45, 2.75) is 25.2 Å². The molecule has 0 unspecified atom stereocenters. The summed E-state index contributed by atoms with van der Waals surface area (Å²) in [5, 5.41) is 21.7. The summed E-state index contributed by atoms with van der Waals surface area (Å²) in [5.41, 5.74) is 0.106. The van der Waals surface area contributed by atoms with Crippen molar-refractivity contribution in [1.82, 2.24) is 10.3 Å². The highest BCUT2D eigenvalue weighted by Crippen LogP contribution is 2.38. The fraction of sp³-hybridized carbons (Fsp3) is 0.467. The van der Waals surface area contributed by atoms with Gasteiger partial charge >= 0.3 is 17.6 Å². The largest absolute Gasteiger partial charge is 0.466 e. The minimum Gasteiger partial charge on any atom is -0.466 e. The first-order chi connectivity index (χ1) is 12.9. The fourth-order valence-corrected chi connectivity index (χ4v) is 3.01. The van der Waals surface area contributed by atoms with E-state index in [0.29, 0.717) is 17.9 Å². The molecule has 1 N–H and O–H groups in total. The molecule has 0 aliphatic rings. The van der Waals surface area contributed by atoms with Crippen molar-refractivity contribution in [2.75, 3.05) is 30.8 Å². The summed E-state index contributed by atoms with van der Waals surface area (Å²) in [4.78, 5) is 33.7. The zero-order chi connectivity index (χ0) is 19.8. The first-order valence-electron chi connectivity index (χ1n) is 8.03. The fourth-order valence-electron chi connectivity index (χ4n) is 2.18. The van der Waals surface area contributed by atoms with Crippen molar-refractivity contribution in [2.24, 2.45) is 0 Å². The van der Waals surface area contributed by atoms with Gasteiger partial charge in [-0.3, -0.25) is 19.7 Å². The van der Waals surface area contributed by atoms with Crippen LogP contribution in [0.4, 0.5) is 11.4 Å². The summed E-state index contributed by atoms with van der Waals surface area (Å²) in [6, 6.07) is 1.51. The van der Waals surface area contributed by atoms with E-state index in [0.717, 1.165) is 11.8 Å². The van der Waals surface area contributed by atoms with Gasteiger partial charge in [0.25, 0.3) is 0 Å². The number of hydrogen-bond acceptors (Lipinski definition) is 11. The van der Waals surface area contributed by atoms with Crippen LogP contribution in [0.5, 0.6) is 0 Å². The zero-order valence-corrected chi connectivity index (χ0v) is 15.5. The second-order valence-corrected chi connectivity index (χ2v) is 6.22. The molecule has 1 aromatic heterocycles. The Labute approximate surface area is 157 Å². The van der Waals surface area contributed by atoms with Crippen molar-refractivity contribution in [3.05, 3.63) is 16.2 Å². The van der Waals surface area contributed by atoms with Gasteiger partial charge in [0.1, 0.15) is 5.69 Å². The summed E-state index contributed by atoms with van der Waals surface area (Å²) in [5.74, 6) is -0.797. The average molecular weight is 398 g/mol. The van der Waals surface area contributed by atoms with Gasteiger partial charge in [-0.1, -0.05) is 0 Å². The van der Waals surface area contributed by atoms with Crippen LogP contribution in [0.25, 0.3) is 11.0 Å². The molecule has 11 nitrogen and oxygen atoms in total. The first-order valence-corrected chi connectivity index (χ1v) is 9.01. The molecule has 0 aliphatic heterocycles. The van der Waals surface area contributed by atoms with Gasteiger partial charge in [-0.05, 0) is 29.7 Å². The highest BCUT2D eigenvalue weighted by molar-refractivity contribution is 8.00. The molecule has 0 fully saturated rings. The summed E-state index contributed by atoms with van der Waals surface area (Å²) >= 11 is 1.12. The molecular weight excluding hydrogens is 380 g/mol. The second kappa shape index (κ2) is 9.71. The molecule has 27 heavy (non-hydrogen) atoms. The maximum atomic E-state index is 11.6. The number of thioether (sulfide) groups is 1. The van der Waals surface area contributed by atoms with Crippen LogP contribution in [0.3, 0.4) is 0 Å². The number of nitrogens with zero attached hydrogens (tertiary/aromatic N) is 3. The Hall–Kier alpha value is -2.89. The van der Waals surface area contributed by atoms with E-state index in [2.05, 4.69) is 20.3 Å². The summed E-state index contributed by atoms with van der Waals surface area (Å²) in [7, 11) is 0. The summed E-state index contributed by atoms with van der Waals surface area (Å²) < 4.78 is 14.4. The molecule has 12 heteroatoms. The second-order valence-electron chi connectivity index (χ2n) is 5.20. The quantitative estimate of drug-likeness (QED) is 0.206. The highest BCUT2D eigenvalue weighted by Gasteiger charge is 2.26. The number of anilines is 1. The number of carbonyl (C=O) groups is 2. The summed E-state index contributed by atoms with van der Waals surface area (Å²) in [6.45, 7) is 3.78. The Morgan fingerprint density at radius 3 is 2.74 bits per heavy atom. The molecule has 0 radical (unpaired) electrons. The number of nitrogens with one attached hydrogen (secondary N) is 1. The van der Waals surface area contributed by atoms with Crippen LogP contribution in [-0.4, -0.2) is 52.7 Å². The normalized spacial score (nSPS) is 10.6. The van der Waals surface area contributed by atoms with E-state index < -0.39 is 16.9 Å². The minimum atomic E-state index is -0.583. The first kappa shape index (κ1) is 20.4. The van der Waals surface area contributed by atoms with Crippen molar-refractivity contribution >= 4 is 46.1 Å². The third kappa shape index (κ3) is 5.54. The van der Waals surface area contributed by atoms with Crippen molar-refractivity contribution < 1.29 is 28.6 Å². The van der Waals surface area contributed by atoms with Crippen LogP contribution in [0.2, 0.25) is 0 Å². The molecule has 2 rings (SSSR count). The van der Waals surface area contributed by atoms with Crippen LogP contribution >= 0.6 is 11.8 Å². The number of nitro groups is 1. The van der Waals surface area contributed by atoms with Gasteiger partial charge in [0.05, 0.1) is 23.9 Å². The Kier molecular flexibility index (Phi) is 7.34. The number of nitro benzene ring substituents is 1. The lowest BCUT2D eigenvalue weighted by molar-refractivity contribution is -0.382. The van der Waals surface area contributed by atoms with Crippen LogP contribution < -0.4 is 5.32 Å². The molecule has 2 aromatic rings. The van der Waals surface area contributed by atoms with Gasteiger partial charge in [-0.2, -0.15) is 0 Å². The molecule has 146 valence electrons. The van der Waals surface area contributed by atoms with Gasteiger partial charge in [0.15, 0.2) is 5.52 Å². The Balaban J connectivity index is 2.22. The molecule has 0 spiro atoms. The van der Waals surface area contributed by atoms with E-state index in [-0.39, 0.29) is 41.4 Å². The Morgan fingerprint density at radius 2 is 2.07 bits per heavy atom. The predicted octanol–water partition coefficient (Wildman–Crippen LogP) is 2.15. The number of carbonyl (C=O) groups excluding carboxylic acids is 2. The maximum Gasteiger partial charge on any atom is 0.323 e. The molecule has 0 saturated carbocycles. The Morgan fingerprint density at radius 1 is 1.33 bits per heavy atom. The number of aromatic nitrogens is 2. The van der Waals surface area contributed by atoms with Crippen LogP contribution in [0.15, 0.2) is 15.6 Å². The molecule has 1 heterocycles. The molecule has 0 aliphatic carbocycles. The maximum absolute atomic E-state index is 11.6. The lowest BCUT2D eigenvalue weighted by Gasteiger charge is -2.09. The standard InChI is InChI=1S/C15H18N4O7S/c1-3-24-12(21)8-27-11-7-10(16-5-4-6-25-9(2)20)15(19(22)23)14-13(11)17-26-18-14/h7,16H,3-6,8H2,1-2H3.